The van der Waals surface area contributed by atoms with E-state index in [1.165, 1.54) is 4.90 Å². The first-order valence-electron chi connectivity index (χ1n) is 11.3. The molecule has 32 heavy (non-hydrogen) atoms. The number of allylic oxidation sites excluding steroid dienone is 2. The van der Waals surface area contributed by atoms with Crippen molar-refractivity contribution >= 4 is 23.3 Å². The SMILES string of the molecule is Cc1ccc(C(=O)COc2ccccc2N2C(=O)[C@@H]3[C@H]4C=C[C@@H]([C@@H]5C[C@@H]45)[C@@H]3C2=O)cc1C. The molecule has 5 nitrogen and oxygen atoms in total. The van der Waals surface area contributed by atoms with Crippen LogP contribution in [-0.2, 0) is 9.59 Å². The molecule has 5 heteroatoms. The lowest BCUT2D eigenvalue weighted by atomic mass is 9.63. The van der Waals surface area contributed by atoms with Crippen LogP contribution in [0.2, 0.25) is 0 Å². The van der Waals surface area contributed by atoms with Gasteiger partial charge >= 0.3 is 0 Å². The summed E-state index contributed by atoms with van der Waals surface area (Å²) in [5.74, 6) is 0.954. The predicted molar refractivity (Wildman–Crippen MR) is 119 cm³/mol. The van der Waals surface area contributed by atoms with E-state index in [1.54, 1.807) is 30.3 Å². The number of carbonyl (C=O) groups is 3. The van der Waals surface area contributed by atoms with Gasteiger partial charge in [-0.3, -0.25) is 14.4 Å². The number of benzene rings is 2. The van der Waals surface area contributed by atoms with Crippen molar-refractivity contribution < 1.29 is 19.1 Å². The average Bonchev–Trinajstić information content (AvgIpc) is 3.58. The van der Waals surface area contributed by atoms with Crippen molar-refractivity contribution in [2.24, 2.45) is 35.5 Å². The zero-order valence-electron chi connectivity index (χ0n) is 18.2. The van der Waals surface area contributed by atoms with E-state index in [9.17, 15) is 14.4 Å². The third-order valence-corrected chi connectivity index (χ3v) is 7.96. The van der Waals surface area contributed by atoms with Gasteiger partial charge in [-0.25, -0.2) is 4.90 Å². The number of hydrogen-bond acceptors (Lipinski definition) is 4. The second-order valence-electron chi connectivity index (χ2n) is 9.65. The second-order valence-corrected chi connectivity index (χ2v) is 9.65. The van der Waals surface area contributed by atoms with Crippen molar-refractivity contribution in [3.8, 4) is 5.75 Å². The van der Waals surface area contributed by atoms with E-state index in [2.05, 4.69) is 12.2 Å². The summed E-state index contributed by atoms with van der Waals surface area (Å²) < 4.78 is 5.87. The predicted octanol–water partition coefficient (Wildman–Crippen LogP) is 4.12. The number of carbonyl (C=O) groups excluding carboxylic acids is 3. The van der Waals surface area contributed by atoms with Crippen molar-refractivity contribution in [2.45, 2.75) is 20.3 Å². The van der Waals surface area contributed by atoms with E-state index >= 15 is 0 Å². The molecule has 162 valence electrons. The van der Waals surface area contributed by atoms with E-state index in [-0.39, 0.29) is 47.9 Å². The molecule has 0 N–H and O–H groups in total. The first-order chi connectivity index (χ1) is 15.5. The molecule has 1 aliphatic heterocycles. The van der Waals surface area contributed by atoms with Gasteiger partial charge in [0.2, 0.25) is 11.8 Å². The Hall–Kier alpha value is -3.21. The highest BCUT2D eigenvalue weighted by molar-refractivity contribution is 6.23. The minimum Gasteiger partial charge on any atom is -0.483 e. The Kier molecular flexibility index (Phi) is 4.19. The number of rotatable bonds is 5. The molecule has 0 radical (unpaired) electrons. The van der Waals surface area contributed by atoms with E-state index in [0.29, 0.717) is 28.8 Å². The molecule has 1 heterocycles. The van der Waals surface area contributed by atoms with Crippen LogP contribution in [0.1, 0.15) is 27.9 Å². The van der Waals surface area contributed by atoms with E-state index in [0.717, 1.165) is 17.5 Å². The molecular weight excluding hydrogens is 402 g/mol. The van der Waals surface area contributed by atoms with Crippen LogP contribution in [0, 0.1) is 49.4 Å². The average molecular weight is 428 g/mol. The molecule has 0 aromatic heterocycles. The standard InChI is InChI=1S/C27H25NO4/c1-14-7-8-16(11-15(14)2)22(29)13-32-23-6-4-3-5-21(23)28-26(30)24-17-9-10-18(20-12-19(17)20)25(24)27(28)31/h3-11,17-20,24-25H,12-13H2,1-2H3/t17-,18-,19-,20-,24-,25+/m0/s1. The van der Waals surface area contributed by atoms with E-state index in [1.807, 2.05) is 26.0 Å². The molecule has 2 bridgehead atoms. The van der Waals surface area contributed by atoms with Crippen molar-refractivity contribution in [3.05, 3.63) is 71.3 Å². The van der Waals surface area contributed by atoms with E-state index in [4.69, 9.17) is 4.74 Å². The van der Waals surface area contributed by atoms with Gasteiger partial charge in [0.15, 0.2) is 12.4 Å². The summed E-state index contributed by atoms with van der Waals surface area (Å²) in [6.45, 7) is 3.82. The van der Waals surface area contributed by atoms with Crippen LogP contribution < -0.4 is 9.64 Å². The first-order valence-corrected chi connectivity index (χ1v) is 11.3. The fraction of sp³-hybridized carbons (Fsp3) is 0.370. The Bertz CT molecular complexity index is 1160. The number of amides is 2. The molecular formula is C27H25NO4. The highest BCUT2D eigenvalue weighted by Crippen LogP contribution is 2.65. The summed E-state index contributed by atoms with van der Waals surface area (Å²) in [5.41, 5.74) is 3.21. The third-order valence-electron chi connectivity index (χ3n) is 7.96. The quantitative estimate of drug-likeness (QED) is 0.409. The number of ketones is 1. The summed E-state index contributed by atoms with van der Waals surface area (Å²) >= 11 is 0. The van der Waals surface area contributed by atoms with Crippen LogP contribution >= 0.6 is 0 Å². The van der Waals surface area contributed by atoms with Gasteiger partial charge in [-0.2, -0.15) is 0 Å². The lowest BCUT2D eigenvalue weighted by Gasteiger charge is -2.37. The van der Waals surface area contributed by atoms with Crippen LogP contribution in [0.5, 0.6) is 5.75 Å². The molecule has 1 saturated heterocycles. The molecule has 2 saturated carbocycles. The summed E-state index contributed by atoms with van der Waals surface area (Å²) in [4.78, 5) is 40.9. The fourth-order valence-corrected chi connectivity index (χ4v) is 6.10. The van der Waals surface area contributed by atoms with Gasteiger partial charge in [0, 0.05) is 5.56 Å². The largest absolute Gasteiger partial charge is 0.483 e. The Morgan fingerprint density at radius 2 is 1.59 bits per heavy atom. The fourth-order valence-electron chi connectivity index (χ4n) is 6.10. The van der Waals surface area contributed by atoms with Gasteiger partial charge in [-0.05, 0) is 73.3 Å². The maximum absolute atomic E-state index is 13.4. The van der Waals surface area contributed by atoms with Crippen molar-refractivity contribution in [1.82, 2.24) is 0 Å². The Balaban J connectivity index is 1.25. The summed E-state index contributed by atoms with van der Waals surface area (Å²) in [5, 5.41) is 0. The first kappa shape index (κ1) is 19.5. The minimum atomic E-state index is -0.258. The van der Waals surface area contributed by atoms with Crippen LogP contribution in [0.4, 0.5) is 5.69 Å². The number of aryl methyl sites for hydroxylation is 2. The maximum Gasteiger partial charge on any atom is 0.238 e. The summed E-state index contributed by atoms with van der Waals surface area (Å²) in [7, 11) is 0. The van der Waals surface area contributed by atoms with Crippen molar-refractivity contribution in [2.75, 3.05) is 11.5 Å². The monoisotopic (exact) mass is 427 g/mol. The Labute approximate surface area is 187 Å². The molecule has 3 fully saturated rings. The summed E-state index contributed by atoms with van der Waals surface area (Å²) in [6.07, 6.45) is 5.47. The minimum absolute atomic E-state index is 0.124. The molecule has 2 amide bonds. The number of anilines is 1. The van der Waals surface area contributed by atoms with Gasteiger partial charge in [0.1, 0.15) is 5.75 Å². The van der Waals surface area contributed by atoms with Crippen LogP contribution in [0.3, 0.4) is 0 Å². The molecule has 6 atom stereocenters. The van der Waals surface area contributed by atoms with Crippen LogP contribution in [0.25, 0.3) is 0 Å². The molecule has 0 unspecified atom stereocenters. The van der Waals surface area contributed by atoms with Gasteiger partial charge in [-0.15, -0.1) is 0 Å². The van der Waals surface area contributed by atoms with Gasteiger partial charge in [0.05, 0.1) is 17.5 Å². The third kappa shape index (κ3) is 2.73. The number of ether oxygens (including phenoxy) is 1. The van der Waals surface area contributed by atoms with Gasteiger partial charge < -0.3 is 4.74 Å². The number of nitrogens with zero attached hydrogens (tertiary/aromatic N) is 1. The summed E-state index contributed by atoms with van der Waals surface area (Å²) in [6, 6.07) is 12.6. The lowest BCUT2D eigenvalue weighted by Crippen LogP contribution is -2.40. The lowest BCUT2D eigenvalue weighted by molar-refractivity contribution is -0.124. The van der Waals surface area contributed by atoms with Crippen molar-refractivity contribution in [3.63, 3.8) is 0 Å². The highest BCUT2D eigenvalue weighted by Gasteiger charge is 2.67. The Morgan fingerprint density at radius 1 is 0.938 bits per heavy atom. The van der Waals surface area contributed by atoms with Gasteiger partial charge in [0.25, 0.3) is 0 Å². The second kappa shape index (κ2) is 6.89. The molecule has 2 aromatic carbocycles. The van der Waals surface area contributed by atoms with Crippen molar-refractivity contribution in [1.29, 1.82) is 0 Å². The molecule has 4 aliphatic carbocycles. The number of para-hydroxylation sites is 2. The number of Topliss-reactive ketones (excluding diaryl/α,β-unsaturated/α-hetero) is 1. The molecule has 2 aromatic rings. The zero-order valence-corrected chi connectivity index (χ0v) is 18.2. The normalized spacial score (nSPS) is 31.5. The van der Waals surface area contributed by atoms with Crippen LogP contribution in [-0.4, -0.2) is 24.2 Å². The topological polar surface area (TPSA) is 63.7 Å². The maximum atomic E-state index is 13.4. The smallest absolute Gasteiger partial charge is 0.238 e. The number of imide groups is 1. The number of hydrogen-bond donors (Lipinski definition) is 0. The van der Waals surface area contributed by atoms with Crippen LogP contribution in [0.15, 0.2) is 54.6 Å². The van der Waals surface area contributed by atoms with Gasteiger partial charge in [-0.1, -0.05) is 36.4 Å². The molecule has 7 rings (SSSR count). The van der Waals surface area contributed by atoms with E-state index < -0.39 is 0 Å². The molecule has 5 aliphatic rings. The highest BCUT2D eigenvalue weighted by atomic mass is 16.5. The molecule has 0 spiro atoms. The zero-order chi connectivity index (χ0) is 22.1. The Morgan fingerprint density at radius 3 is 2.25 bits per heavy atom.